The molecule has 1 saturated heterocycles. The van der Waals surface area contributed by atoms with E-state index in [0.717, 1.165) is 40.7 Å². The number of fused-ring (bicyclic) bond motifs is 2. The number of carboxylic acid groups (broad SMARTS) is 1. The highest BCUT2D eigenvalue weighted by Gasteiger charge is 2.50. The van der Waals surface area contributed by atoms with Crippen molar-refractivity contribution in [2.45, 2.75) is 38.3 Å². The van der Waals surface area contributed by atoms with Crippen LogP contribution in [0.2, 0.25) is 5.02 Å². The number of benzene rings is 2. The van der Waals surface area contributed by atoms with Crippen LogP contribution in [-0.2, 0) is 25.5 Å². The molecule has 2 aliphatic heterocycles. The van der Waals surface area contributed by atoms with Crippen LogP contribution >= 0.6 is 11.6 Å². The first-order valence-corrected chi connectivity index (χ1v) is 14.6. The number of carbonyl (C=O) groups is 3. The lowest BCUT2D eigenvalue weighted by Crippen LogP contribution is -2.34. The summed E-state index contributed by atoms with van der Waals surface area (Å²) >= 11 is 7.05. The second-order valence-electron chi connectivity index (χ2n) is 11.1. The lowest BCUT2D eigenvalue weighted by molar-refractivity contribution is -0.136. The van der Waals surface area contributed by atoms with Crippen molar-refractivity contribution < 1.29 is 29.0 Å². The van der Waals surface area contributed by atoms with E-state index in [1.54, 1.807) is 32.2 Å². The van der Waals surface area contributed by atoms with Gasteiger partial charge in [-0.1, -0.05) is 41.9 Å². The Balaban J connectivity index is 1.30. The third-order valence-corrected chi connectivity index (χ3v) is 8.76. The lowest BCUT2D eigenvalue weighted by Gasteiger charge is -2.18. The van der Waals surface area contributed by atoms with Crippen LogP contribution in [0.3, 0.4) is 0 Å². The number of epoxide rings is 1. The van der Waals surface area contributed by atoms with Gasteiger partial charge in [-0.05, 0) is 48.6 Å². The third kappa shape index (κ3) is 5.27. The molecule has 3 aromatic rings. The number of carboxylic acids is 1. The van der Waals surface area contributed by atoms with Crippen LogP contribution in [0.5, 0.6) is 5.88 Å². The number of hydrogen-bond acceptors (Lipinski definition) is 8. The Hall–Kier alpha value is -4.45. The van der Waals surface area contributed by atoms with Gasteiger partial charge in [0.15, 0.2) is 12.5 Å². The number of nitrogens with one attached hydrogen (secondary N) is 2. The van der Waals surface area contributed by atoms with Gasteiger partial charge in [0.25, 0.3) is 11.8 Å². The van der Waals surface area contributed by atoms with Crippen LogP contribution in [0.25, 0.3) is 22.4 Å². The molecule has 44 heavy (non-hydrogen) atoms. The predicted molar refractivity (Wildman–Crippen MR) is 164 cm³/mol. The molecule has 12 heteroatoms. The Morgan fingerprint density at radius 2 is 1.86 bits per heavy atom. The quantitative estimate of drug-likeness (QED) is 0.253. The van der Waals surface area contributed by atoms with Crippen LogP contribution < -0.4 is 15.4 Å². The number of ether oxygens (including phenoxy) is 2. The first-order valence-electron chi connectivity index (χ1n) is 14.2. The molecule has 228 valence electrons. The van der Waals surface area contributed by atoms with Gasteiger partial charge < -0.3 is 29.7 Å². The molecule has 6 rings (SSSR count). The summed E-state index contributed by atoms with van der Waals surface area (Å²) in [6.45, 7) is 1.74. The van der Waals surface area contributed by atoms with Crippen molar-refractivity contribution in [2.75, 3.05) is 33.1 Å². The number of carbonyl (C=O) groups excluding carboxylic acids is 2. The first-order chi connectivity index (χ1) is 21.1. The molecule has 0 bridgehead atoms. The molecule has 11 nitrogen and oxygen atoms in total. The van der Waals surface area contributed by atoms with E-state index in [1.807, 2.05) is 43.3 Å². The minimum absolute atomic E-state index is 0.0210. The van der Waals surface area contributed by atoms with E-state index < -0.39 is 17.8 Å². The van der Waals surface area contributed by atoms with E-state index in [9.17, 15) is 14.4 Å². The molecule has 3 aliphatic rings. The molecule has 2 aromatic carbocycles. The number of hydrogen-bond donors (Lipinski definition) is 3. The van der Waals surface area contributed by atoms with Crippen molar-refractivity contribution in [3.63, 3.8) is 0 Å². The van der Waals surface area contributed by atoms with Gasteiger partial charge in [0.2, 0.25) is 5.88 Å². The van der Waals surface area contributed by atoms with Gasteiger partial charge in [-0.3, -0.25) is 19.7 Å². The van der Waals surface area contributed by atoms with Crippen LogP contribution in [-0.4, -0.2) is 77.9 Å². The summed E-state index contributed by atoms with van der Waals surface area (Å²) in [5.74, 6) is -1.42. The minimum Gasteiger partial charge on any atom is -0.481 e. The van der Waals surface area contributed by atoms with Crippen molar-refractivity contribution in [1.82, 2.24) is 20.1 Å². The highest BCUT2D eigenvalue weighted by Crippen LogP contribution is 2.43. The van der Waals surface area contributed by atoms with Gasteiger partial charge in [0.05, 0.1) is 24.4 Å². The number of pyridine rings is 1. The predicted octanol–water partition coefficient (Wildman–Crippen LogP) is 3.96. The third-order valence-electron chi connectivity index (χ3n) is 8.36. The van der Waals surface area contributed by atoms with E-state index >= 15 is 0 Å². The van der Waals surface area contributed by atoms with Crippen LogP contribution in [0, 0.1) is 6.92 Å². The fraction of sp³-hybridized carbons (Fsp3) is 0.312. The summed E-state index contributed by atoms with van der Waals surface area (Å²) in [4.78, 5) is 45.3. The van der Waals surface area contributed by atoms with E-state index in [0.29, 0.717) is 27.8 Å². The maximum atomic E-state index is 13.3. The van der Waals surface area contributed by atoms with Crippen molar-refractivity contribution >= 4 is 35.1 Å². The highest BCUT2D eigenvalue weighted by atomic mass is 35.5. The summed E-state index contributed by atoms with van der Waals surface area (Å²) in [5, 5.41) is 15.6. The number of nitrogens with zero attached hydrogens (tertiary/aromatic N) is 3. The molecule has 2 amide bonds. The molecule has 1 fully saturated rings. The number of likely N-dealkylation sites (N-methyl/N-ethyl adjacent to an activating group) is 2. The molecule has 3 heterocycles. The van der Waals surface area contributed by atoms with Crippen LogP contribution in [0.4, 0.5) is 5.69 Å². The molecule has 0 spiro atoms. The summed E-state index contributed by atoms with van der Waals surface area (Å²) in [6.07, 6.45) is 2.37. The molecule has 1 aliphatic carbocycles. The normalized spacial score (nSPS) is 20.4. The minimum atomic E-state index is -0.925. The Morgan fingerprint density at radius 1 is 1.14 bits per heavy atom. The second kappa shape index (κ2) is 11.6. The fourth-order valence-electron chi connectivity index (χ4n) is 5.98. The Morgan fingerprint density at radius 3 is 2.61 bits per heavy atom. The van der Waals surface area contributed by atoms with E-state index in [2.05, 4.69) is 10.6 Å². The van der Waals surface area contributed by atoms with Crippen molar-refractivity contribution in [1.29, 1.82) is 0 Å². The number of anilines is 1. The Bertz CT molecular complexity index is 1730. The maximum Gasteiger partial charge on any atom is 0.317 e. The fourth-order valence-corrected chi connectivity index (χ4v) is 6.30. The maximum absolute atomic E-state index is 13.3. The van der Waals surface area contributed by atoms with Gasteiger partial charge in [0.1, 0.15) is 5.57 Å². The SMILES string of the molecule is COc1nc(-c2cccc(-c3cccc(NC(=O)C4=CN(C)C5OC5N(C)C4=O)c3C)c2Cl)cc2c1C(NCC(=O)O)CC2. The van der Waals surface area contributed by atoms with Gasteiger partial charge >= 0.3 is 5.97 Å². The number of rotatable bonds is 8. The molecule has 3 N–H and O–H groups in total. The lowest BCUT2D eigenvalue weighted by atomic mass is 9.96. The highest BCUT2D eigenvalue weighted by molar-refractivity contribution is 6.36. The number of methoxy groups -OCH3 is 1. The topological polar surface area (TPSA) is 137 Å². The van der Waals surface area contributed by atoms with Gasteiger partial charge in [0, 0.05) is 48.7 Å². The largest absolute Gasteiger partial charge is 0.481 e. The molecule has 0 saturated carbocycles. The number of amides is 2. The zero-order chi connectivity index (χ0) is 31.3. The Kier molecular flexibility index (Phi) is 7.79. The second-order valence-corrected chi connectivity index (χ2v) is 11.5. The monoisotopic (exact) mass is 617 g/mol. The number of aromatic nitrogens is 1. The summed E-state index contributed by atoms with van der Waals surface area (Å²) in [5.41, 5.74) is 6.16. The molecular weight excluding hydrogens is 586 g/mol. The summed E-state index contributed by atoms with van der Waals surface area (Å²) in [7, 11) is 4.94. The van der Waals surface area contributed by atoms with E-state index in [-0.39, 0.29) is 30.6 Å². The zero-order valence-electron chi connectivity index (χ0n) is 24.7. The van der Waals surface area contributed by atoms with Crippen molar-refractivity contribution in [2.24, 2.45) is 0 Å². The van der Waals surface area contributed by atoms with Gasteiger partial charge in [-0.15, -0.1) is 0 Å². The average molecular weight is 618 g/mol. The standard InChI is InChI=1S/C32H32ClN5O6/c1-16-18(7-6-10-22(16)35-28(41)21-15-37(2)31-32(44-31)38(3)30(21)42)19-8-5-9-20(27(19)33)24-13-17-11-12-23(34-14-25(39)40)26(17)29(36-24)43-4/h5-10,13,15,23,31-32,34H,11-12,14H2,1-4H3,(H,35,41)(H,39,40). The van der Waals surface area contributed by atoms with Crippen molar-refractivity contribution in [3.8, 4) is 28.3 Å². The summed E-state index contributed by atoms with van der Waals surface area (Å²) < 4.78 is 11.1. The molecule has 0 radical (unpaired) electrons. The number of halogens is 1. The number of aliphatic carboxylic acids is 1. The molecular formula is C32H32ClN5O6. The van der Waals surface area contributed by atoms with E-state index in [1.165, 1.54) is 11.1 Å². The average Bonchev–Trinajstić information content (AvgIpc) is 3.72. The Labute approximate surface area is 259 Å². The van der Waals surface area contributed by atoms with Crippen LogP contribution in [0.15, 0.2) is 54.2 Å². The summed E-state index contributed by atoms with van der Waals surface area (Å²) in [6, 6.07) is 13.0. The van der Waals surface area contributed by atoms with Crippen LogP contribution in [0.1, 0.15) is 29.2 Å². The molecule has 3 unspecified atom stereocenters. The van der Waals surface area contributed by atoms with E-state index in [4.69, 9.17) is 31.2 Å². The number of aryl methyl sites for hydroxylation is 1. The zero-order valence-corrected chi connectivity index (χ0v) is 25.4. The van der Waals surface area contributed by atoms with Gasteiger partial charge in [-0.25, -0.2) is 4.98 Å². The molecule has 3 atom stereocenters. The van der Waals surface area contributed by atoms with Gasteiger partial charge in [-0.2, -0.15) is 0 Å². The van der Waals surface area contributed by atoms with Crippen molar-refractivity contribution in [3.05, 3.63) is 76.0 Å². The smallest absolute Gasteiger partial charge is 0.317 e. The molecule has 1 aromatic heterocycles. The first kappa shape index (κ1) is 29.6.